The maximum absolute atomic E-state index is 12.9. The number of hydrogen-bond donors (Lipinski definition) is 0. The second-order valence-electron chi connectivity index (χ2n) is 7.12. The lowest BCUT2D eigenvalue weighted by molar-refractivity contribution is 0.0862. The molecule has 3 heteroatoms. The summed E-state index contributed by atoms with van der Waals surface area (Å²) in [6, 6.07) is 27.6. The summed E-state index contributed by atoms with van der Waals surface area (Å²) in [5.74, 6) is 6.39. The summed E-state index contributed by atoms with van der Waals surface area (Å²) in [7, 11) is 0. The predicted octanol–water partition coefficient (Wildman–Crippen LogP) is 5.64. The average Bonchev–Trinajstić information content (AvgIpc) is 2.81. The molecule has 0 aliphatic carbocycles. The summed E-state index contributed by atoms with van der Waals surface area (Å²) < 4.78 is 5.59. The van der Waals surface area contributed by atoms with E-state index in [1.54, 1.807) is 4.90 Å². The summed E-state index contributed by atoms with van der Waals surface area (Å²) >= 11 is 0. The molecule has 1 atom stereocenters. The van der Waals surface area contributed by atoms with Crippen LogP contribution >= 0.6 is 0 Å². The van der Waals surface area contributed by atoms with E-state index in [0.717, 1.165) is 23.1 Å². The van der Waals surface area contributed by atoms with Crippen molar-refractivity contribution in [2.75, 3.05) is 6.54 Å². The third-order valence-electron chi connectivity index (χ3n) is 5.10. The zero-order chi connectivity index (χ0) is 20.6. The highest BCUT2D eigenvalue weighted by molar-refractivity contribution is 5.70. The normalized spacial score (nSPS) is 15.2. The molecule has 3 aromatic rings. The fraction of sp³-hybridized carbons (Fsp3) is 0.148. The lowest BCUT2D eigenvalue weighted by Gasteiger charge is -2.33. The SMILES string of the molecule is O=C(OCc1ccccc1)N1CCc2ccccc2C1C#C/C=C/c1ccccc1. The zero-order valence-electron chi connectivity index (χ0n) is 16.7. The van der Waals surface area contributed by atoms with Crippen LogP contribution in [0.3, 0.4) is 0 Å². The van der Waals surface area contributed by atoms with Crippen molar-refractivity contribution in [3.05, 3.63) is 113 Å². The molecule has 0 spiro atoms. The first-order chi connectivity index (χ1) is 14.8. The standard InChI is InChI=1S/C27H23NO2/c29-27(30-21-23-14-5-2-6-15-23)28-20-19-24-16-8-9-17-25(24)26(28)18-10-7-13-22-11-3-1-4-12-22/h1-9,11-17,26H,19-21H2/b13-7+. The second-order valence-corrected chi connectivity index (χ2v) is 7.12. The van der Waals surface area contributed by atoms with E-state index in [1.165, 1.54) is 5.56 Å². The third-order valence-corrected chi connectivity index (χ3v) is 5.10. The summed E-state index contributed by atoms with van der Waals surface area (Å²) in [5.41, 5.74) is 4.36. The molecule has 0 bridgehead atoms. The molecular weight excluding hydrogens is 370 g/mol. The van der Waals surface area contributed by atoms with Crippen LogP contribution in [0.2, 0.25) is 0 Å². The minimum atomic E-state index is -0.334. The van der Waals surface area contributed by atoms with Crippen LogP contribution < -0.4 is 0 Å². The van der Waals surface area contributed by atoms with E-state index in [1.807, 2.05) is 91.0 Å². The molecule has 3 aromatic carbocycles. The van der Waals surface area contributed by atoms with Gasteiger partial charge in [0.25, 0.3) is 0 Å². The summed E-state index contributed by atoms with van der Waals surface area (Å²) in [6.45, 7) is 0.845. The number of rotatable bonds is 3. The number of nitrogens with zero attached hydrogens (tertiary/aromatic N) is 1. The van der Waals surface area contributed by atoms with E-state index < -0.39 is 0 Å². The van der Waals surface area contributed by atoms with Crippen LogP contribution in [0.15, 0.2) is 91.0 Å². The van der Waals surface area contributed by atoms with Crippen LogP contribution in [0, 0.1) is 11.8 Å². The molecule has 0 radical (unpaired) electrons. The molecular formula is C27H23NO2. The predicted molar refractivity (Wildman–Crippen MR) is 119 cm³/mol. The number of benzene rings is 3. The van der Waals surface area contributed by atoms with Crippen LogP contribution in [0.25, 0.3) is 6.08 Å². The second kappa shape index (κ2) is 9.62. The summed E-state index contributed by atoms with van der Waals surface area (Å²) in [5, 5.41) is 0. The molecule has 4 rings (SSSR count). The third kappa shape index (κ3) is 4.79. The van der Waals surface area contributed by atoms with E-state index in [2.05, 4.69) is 17.9 Å². The van der Waals surface area contributed by atoms with E-state index in [4.69, 9.17) is 4.74 Å². The highest BCUT2D eigenvalue weighted by atomic mass is 16.6. The van der Waals surface area contributed by atoms with Gasteiger partial charge in [0.1, 0.15) is 12.6 Å². The first kappa shape index (κ1) is 19.5. The maximum atomic E-state index is 12.9. The molecule has 1 amide bonds. The quantitative estimate of drug-likeness (QED) is 0.539. The van der Waals surface area contributed by atoms with Gasteiger partial charge in [-0.1, -0.05) is 96.8 Å². The van der Waals surface area contributed by atoms with Crippen molar-refractivity contribution in [3.63, 3.8) is 0 Å². The number of amides is 1. The van der Waals surface area contributed by atoms with Gasteiger partial charge in [-0.05, 0) is 40.8 Å². The molecule has 1 aliphatic heterocycles. The summed E-state index contributed by atoms with van der Waals surface area (Å²) in [4.78, 5) is 14.6. The van der Waals surface area contributed by atoms with Crippen molar-refractivity contribution in [2.24, 2.45) is 0 Å². The average molecular weight is 393 g/mol. The number of carbonyl (C=O) groups is 1. The van der Waals surface area contributed by atoms with Crippen molar-refractivity contribution in [3.8, 4) is 11.8 Å². The monoisotopic (exact) mass is 393 g/mol. The van der Waals surface area contributed by atoms with Crippen molar-refractivity contribution in [2.45, 2.75) is 19.1 Å². The lowest BCUT2D eigenvalue weighted by Crippen LogP contribution is -2.39. The van der Waals surface area contributed by atoms with Crippen LogP contribution in [0.4, 0.5) is 4.79 Å². The van der Waals surface area contributed by atoms with E-state index in [0.29, 0.717) is 6.54 Å². The fourth-order valence-electron chi connectivity index (χ4n) is 3.55. The van der Waals surface area contributed by atoms with Crippen molar-refractivity contribution in [1.82, 2.24) is 4.90 Å². The van der Waals surface area contributed by atoms with Crippen LogP contribution in [0.5, 0.6) is 0 Å². The van der Waals surface area contributed by atoms with Crippen LogP contribution in [-0.4, -0.2) is 17.5 Å². The highest BCUT2D eigenvalue weighted by Gasteiger charge is 2.30. The van der Waals surface area contributed by atoms with E-state index >= 15 is 0 Å². The van der Waals surface area contributed by atoms with Crippen molar-refractivity contribution in [1.29, 1.82) is 0 Å². The van der Waals surface area contributed by atoms with Gasteiger partial charge in [0.2, 0.25) is 0 Å². The molecule has 1 unspecified atom stereocenters. The topological polar surface area (TPSA) is 29.5 Å². The molecule has 1 aliphatic rings. The number of allylic oxidation sites excluding steroid dienone is 1. The molecule has 0 saturated heterocycles. The Balaban J connectivity index is 1.53. The molecule has 30 heavy (non-hydrogen) atoms. The van der Waals surface area contributed by atoms with E-state index in [-0.39, 0.29) is 18.7 Å². The first-order valence-electron chi connectivity index (χ1n) is 10.1. The lowest BCUT2D eigenvalue weighted by atomic mass is 9.93. The number of carbonyl (C=O) groups excluding carboxylic acids is 1. The van der Waals surface area contributed by atoms with Crippen molar-refractivity contribution < 1.29 is 9.53 Å². The van der Waals surface area contributed by atoms with Gasteiger partial charge in [0.05, 0.1) is 0 Å². The van der Waals surface area contributed by atoms with Gasteiger partial charge >= 0.3 is 6.09 Å². The van der Waals surface area contributed by atoms with Gasteiger partial charge in [-0.25, -0.2) is 4.79 Å². The van der Waals surface area contributed by atoms with Crippen LogP contribution in [0.1, 0.15) is 28.3 Å². The Kier molecular flexibility index (Phi) is 6.27. The maximum Gasteiger partial charge on any atom is 0.411 e. The number of ether oxygens (including phenoxy) is 1. The van der Waals surface area contributed by atoms with Crippen molar-refractivity contribution >= 4 is 12.2 Å². The Morgan fingerprint density at radius 2 is 1.67 bits per heavy atom. The van der Waals surface area contributed by atoms with Gasteiger partial charge in [-0.3, -0.25) is 4.90 Å². The minimum Gasteiger partial charge on any atom is -0.445 e. The Morgan fingerprint density at radius 3 is 2.47 bits per heavy atom. The molecule has 148 valence electrons. The Hall–Kier alpha value is -3.77. The molecule has 0 N–H and O–H groups in total. The van der Waals surface area contributed by atoms with Crippen LogP contribution in [-0.2, 0) is 17.8 Å². The Morgan fingerprint density at radius 1 is 0.967 bits per heavy atom. The van der Waals surface area contributed by atoms with Gasteiger partial charge in [-0.15, -0.1) is 0 Å². The molecule has 0 aromatic heterocycles. The molecule has 1 heterocycles. The number of fused-ring (bicyclic) bond motifs is 1. The van der Waals surface area contributed by atoms with E-state index in [9.17, 15) is 4.79 Å². The Bertz CT molecular complexity index is 1080. The summed E-state index contributed by atoms with van der Waals surface area (Å²) in [6.07, 6.45) is 4.27. The zero-order valence-corrected chi connectivity index (χ0v) is 16.7. The number of hydrogen-bond acceptors (Lipinski definition) is 2. The fourth-order valence-corrected chi connectivity index (χ4v) is 3.55. The Labute approximate surface area is 177 Å². The van der Waals surface area contributed by atoms with Gasteiger partial charge < -0.3 is 4.74 Å². The van der Waals surface area contributed by atoms with Gasteiger partial charge in [-0.2, -0.15) is 0 Å². The minimum absolute atomic E-state index is 0.256. The largest absolute Gasteiger partial charge is 0.445 e. The smallest absolute Gasteiger partial charge is 0.411 e. The molecule has 0 saturated carbocycles. The first-order valence-corrected chi connectivity index (χ1v) is 10.1. The van der Waals surface area contributed by atoms with Gasteiger partial charge in [0, 0.05) is 6.54 Å². The molecule has 3 nitrogen and oxygen atoms in total. The highest BCUT2D eigenvalue weighted by Crippen LogP contribution is 2.30. The molecule has 0 fully saturated rings. The van der Waals surface area contributed by atoms with Gasteiger partial charge in [0.15, 0.2) is 0 Å².